The summed E-state index contributed by atoms with van der Waals surface area (Å²) in [6.45, 7) is 2.14. The van der Waals surface area contributed by atoms with Gasteiger partial charge in [-0.2, -0.15) is 0 Å². The Labute approximate surface area is 82.7 Å². The second kappa shape index (κ2) is 3.01. The van der Waals surface area contributed by atoms with Crippen LogP contribution in [-0.2, 0) is 0 Å². The van der Waals surface area contributed by atoms with E-state index < -0.39 is 0 Å². The van der Waals surface area contributed by atoms with Gasteiger partial charge in [-0.15, -0.1) is 0 Å². The lowest BCUT2D eigenvalue weighted by molar-refractivity contribution is 0.414. The average molecular weight is 194 g/mol. The minimum absolute atomic E-state index is 0.161. The van der Waals surface area contributed by atoms with E-state index in [0.29, 0.717) is 17.4 Å². The van der Waals surface area contributed by atoms with Gasteiger partial charge in [-0.25, -0.2) is 9.97 Å². The highest BCUT2D eigenvalue weighted by Crippen LogP contribution is 2.40. The van der Waals surface area contributed by atoms with Crippen molar-refractivity contribution in [3.63, 3.8) is 0 Å². The van der Waals surface area contributed by atoms with Crippen LogP contribution in [0, 0.1) is 0 Å². The van der Waals surface area contributed by atoms with Crippen molar-refractivity contribution in [2.75, 3.05) is 18.2 Å². The Morgan fingerprint density at radius 1 is 1.50 bits per heavy atom. The minimum atomic E-state index is 0.161. The quantitative estimate of drug-likeness (QED) is 0.751. The van der Waals surface area contributed by atoms with Gasteiger partial charge in [-0.05, 0) is 19.8 Å². The molecule has 76 valence electrons. The van der Waals surface area contributed by atoms with Crippen LogP contribution in [0.5, 0.6) is 5.75 Å². The van der Waals surface area contributed by atoms with Crippen LogP contribution in [0.25, 0.3) is 0 Å². The number of nitrogens with one attached hydrogen (secondary N) is 1. The molecule has 1 heterocycles. The van der Waals surface area contributed by atoms with Gasteiger partial charge in [-0.3, -0.25) is 0 Å². The molecular weight excluding hydrogens is 180 g/mol. The molecule has 0 unspecified atom stereocenters. The first-order chi connectivity index (χ1) is 6.64. The Hall–Kier alpha value is -1.52. The maximum absolute atomic E-state index is 5.66. The third-order valence-electron chi connectivity index (χ3n) is 2.46. The van der Waals surface area contributed by atoms with E-state index >= 15 is 0 Å². The van der Waals surface area contributed by atoms with Crippen LogP contribution in [0.4, 0.5) is 11.6 Å². The van der Waals surface area contributed by atoms with Crippen molar-refractivity contribution in [3.8, 4) is 5.75 Å². The van der Waals surface area contributed by atoms with Crippen LogP contribution in [0.2, 0.25) is 0 Å². The fourth-order valence-electron chi connectivity index (χ4n) is 1.28. The lowest BCUT2D eigenvalue weighted by Crippen LogP contribution is -2.18. The molecule has 5 heteroatoms. The molecule has 0 spiro atoms. The maximum atomic E-state index is 5.66. The molecule has 0 radical (unpaired) electrons. The number of anilines is 2. The van der Waals surface area contributed by atoms with Crippen molar-refractivity contribution in [1.29, 1.82) is 0 Å². The highest BCUT2D eigenvalue weighted by molar-refractivity contribution is 5.62. The molecule has 1 saturated carbocycles. The minimum Gasteiger partial charge on any atom is -0.490 e. The van der Waals surface area contributed by atoms with Gasteiger partial charge in [0.05, 0.1) is 7.11 Å². The summed E-state index contributed by atoms with van der Waals surface area (Å²) in [7, 11) is 1.56. The van der Waals surface area contributed by atoms with Gasteiger partial charge >= 0.3 is 0 Å². The number of nitrogen functional groups attached to an aromatic ring is 1. The van der Waals surface area contributed by atoms with Crippen LogP contribution in [0.1, 0.15) is 19.8 Å². The standard InChI is InChI=1S/C9H14N4O/c1-9(3-4-9)13-8-6(14-2)7(10)11-5-12-8/h5H,3-4H2,1-2H3,(H3,10,11,12,13). The topological polar surface area (TPSA) is 73.1 Å². The number of rotatable bonds is 3. The van der Waals surface area contributed by atoms with Crippen LogP contribution in [0.15, 0.2) is 6.33 Å². The first kappa shape index (κ1) is 9.05. The van der Waals surface area contributed by atoms with Gasteiger partial charge < -0.3 is 15.8 Å². The SMILES string of the molecule is COc1c(N)ncnc1NC1(C)CC1. The molecule has 0 atom stereocenters. The summed E-state index contributed by atoms with van der Waals surface area (Å²) >= 11 is 0. The first-order valence-electron chi connectivity index (χ1n) is 4.57. The number of hydrogen-bond acceptors (Lipinski definition) is 5. The predicted molar refractivity (Wildman–Crippen MR) is 54.3 cm³/mol. The molecule has 1 aromatic rings. The Bertz CT molecular complexity index is 349. The molecule has 3 N–H and O–H groups in total. The van der Waals surface area contributed by atoms with Gasteiger partial charge in [0.1, 0.15) is 6.33 Å². The van der Waals surface area contributed by atoms with E-state index in [0.717, 1.165) is 12.8 Å². The predicted octanol–water partition coefficient (Wildman–Crippen LogP) is 1.03. The summed E-state index contributed by atoms with van der Waals surface area (Å²) in [5.41, 5.74) is 5.82. The molecule has 5 nitrogen and oxygen atoms in total. The number of aromatic nitrogens is 2. The normalized spacial score (nSPS) is 17.6. The Morgan fingerprint density at radius 3 is 2.79 bits per heavy atom. The molecule has 0 amide bonds. The second-order valence-electron chi connectivity index (χ2n) is 3.83. The first-order valence-corrected chi connectivity index (χ1v) is 4.57. The lowest BCUT2D eigenvalue weighted by atomic mass is 10.3. The van der Waals surface area contributed by atoms with Crippen LogP contribution >= 0.6 is 0 Å². The van der Waals surface area contributed by atoms with Gasteiger partial charge in [0, 0.05) is 5.54 Å². The average Bonchev–Trinajstić information content (AvgIpc) is 2.84. The highest BCUT2D eigenvalue weighted by atomic mass is 16.5. The van der Waals surface area contributed by atoms with Crippen molar-refractivity contribution in [2.45, 2.75) is 25.3 Å². The van der Waals surface area contributed by atoms with Crippen molar-refractivity contribution >= 4 is 11.6 Å². The number of ether oxygens (including phenoxy) is 1. The van der Waals surface area contributed by atoms with Crippen LogP contribution in [0.3, 0.4) is 0 Å². The van der Waals surface area contributed by atoms with E-state index in [-0.39, 0.29) is 5.54 Å². The van der Waals surface area contributed by atoms with Gasteiger partial charge in [0.15, 0.2) is 11.6 Å². The Balaban J connectivity index is 2.27. The Morgan fingerprint density at radius 2 is 2.21 bits per heavy atom. The smallest absolute Gasteiger partial charge is 0.203 e. The van der Waals surface area contributed by atoms with E-state index in [1.54, 1.807) is 7.11 Å². The zero-order valence-corrected chi connectivity index (χ0v) is 8.37. The molecule has 1 aliphatic carbocycles. The number of hydrogen-bond donors (Lipinski definition) is 2. The summed E-state index contributed by atoms with van der Waals surface area (Å²) in [6.07, 6.45) is 3.74. The van der Waals surface area contributed by atoms with Gasteiger partial charge in [-0.1, -0.05) is 0 Å². The maximum Gasteiger partial charge on any atom is 0.203 e. The van der Waals surface area contributed by atoms with Crippen molar-refractivity contribution in [2.24, 2.45) is 0 Å². The number of nitrogens with two attached hydrogens (primary N) is 1. The molecule has 1 aromatic heterocycles. The monoisotopic (exact) mass is 194 g/mol. The fraction of sp³-hybridized carbons (Fsp3) is 0.556. The molecule has 1 aliphatic rings. The van der Waals surface area contributed by atoms with Gasteiger partial charge in [0.2, 0.25) is 5.75 Å². The molecule has 0 aromatic carbocycles. The second-order valence-corrected chi connectivity index (χ2v) is 3.83. The van der Waals surface area contributed by atoms with Gasteiger partial charge in [0.25, 0.3) is 0 Å². The van der Waals surface area contributed by atoms with Crippen molar-refractivity contribution in [1.82, 2.24) is 9.97 Å². The molecule has 14 heavy (non-hydrogen) atoms. The molecule has 1 fully saturated rings. The summed E-state index contributed by atoms with van der Waals surface area (Å²) in [4.78, 5) is 7.97. The summed E-state index contributed by atoms with van der Waals surface area (Å²) in [5, 5.41) is 3.30. The van der Waals surface area contributed by atoms with Crippen LogP contribution < -0.4 is 15.8 Å². The van der Waals surface area contributed by atoms with Crippen LogP contribution in [-0.4, -0.2) is 22.6 Å². The molecular formula is C9H14N4O. The summed E-state index contributed by atoms with van der Waals surface area (Å²) in [6, 6.07) is 0. The third kappa shape index (κ3) is 1.57. The lowest BCUT2D eigenvalue weighted by Gasteiger charge is -2.15. The fourth-order valence-corrected chi connectivity index (χ4v) is 1.28. The summed E-state index contributed by atoms with van der Waals surface area (Å²) in [5.74, 6) is 1.58. The summed E-state index contributed by atoms with van der Waals surface area (Å²) < 4.78 is 5.14. The third-order valence-corrected chi connectivity index (χ3v) is 2.46. The zero-order valence-electron chi connectivity index (χ0n) is 8.37. The molecule has 0 aliphatic heterocycles. The molecule has 0 saturated heterocycles. The number of nitrogens with zero attached hydrogens (tertiary/aromatic N) is 2. The van der Waals surface area contributed by atoms with E-state index in [2.05, 4.69) is 22.2 Å². The Kier molecular flexibility index (Phi) is 1.94. The van der Waals surface area contributed by atoms with Crippen molar-refractivity contribution in [3.05, 3.63) is 6.33 Å². The van der Waals surface area contributed by atoms with E-state index in [4.69, 9.17) is 10.5 Å². The van der Waals surface area contributed by atoms with E-state index in [1.807, 2.05) is 0 Å². The number of methoxy groups -OCH3 is 1. The molecule has 0 bridgehead atoms. The molecule has 2 rings (SSSR count). The van der Waals surface area contributed by atoms with E-state index in [9.17, 15) is 0 Å². The zero-order chi connectivity index (χ0) is 10.2. The highest BCUT2D eigenvalue weighted by Gasteiger charge is 2.38. The van der Waals surface area contributed by atoms with Crippen molar-refractivity contribution < 1.29 is 4.74 Å². The van der Waals surface area contributed by atoms with E-state index in [1.165, 1.54) is 6.33 Å². The largest absolute Gasteiger partial charge is 0.490 e.